The first-order chi connectivity index (χ1) is 9.10. The predicted octanol–water partition coefficient (Wildman–Crippen LogP) is 1.96. The van der Waals surface area contributed by atoms with E-state index in [0.717, 1.165) is 17.4 Å². The van der Waals surface area contributed by atoms with E-state index in [1.54, 1.807) is 4.68 Å². The van der Waals surface area contributed by atoms with Crippen molar-refractivity contribution in [3.63, 3.8) is 0 Å². The molecule has 19 heavy (non-hydrogen) atoms. The van der Waals surface area contributed by atoms with Crippen LogP contribution in [-0.2, 0) is 13.6 Å². The lowest BCUT2D eigenvalue weighted by Crippen LogP contribution is -2.41. The lowest BCUT2D eigenvalue weighted by Gasteiger charge is -2.34. The summed E-state index contributed by atoms with van der Waals surface area (Å²) in [4.78, 5) is 2.54. The molecule has 0 saturated carbocycles. The second-order valence-corrected chi connectivity index (χ2v) is 6.58. The maximum absolute atomic E-state index is 6.33. The summed E-state index contributed by atoms with van der Waals surface area (Å²) in [5.74, 6) is 0. The number of aromatic nitrogens is 2. The maximum atomic E-state index is 6.33. The minimum atomic E-state index is 0.515. The number of rotatable bonds is 2. The Balaban J connectivity index is 1.68. The van der Waals surface area contributed by atoms with Crippen molar-refractivity contribution in [2.45, 2.75) is 32.7 Å². The highest BCUT2D eigenvalue weighted by molar-refractivity contribution is 6.30. The molecule has 5 heteroatoms. The number of likely N-dealkylation sites (tertiary alicyclic amines) is 1. The second kappa shape index (κ2) is 5.08. The van der Waals surface area contributed by atoms with Gasteiger partial charge in [-0.3, -0.25) is 9.58 Å². The van der Waals surface area contributed by atoms with Crippen molar-refractivity contribution in [2.24, 2.45) is 12.5 Å². The van der Waals surface area contributed by atoms with Crippen LogP contribution in [-0.4, -0.2) is 40.9 Å². The molecule has 1 N–H and O–H groups in total. The van der Waals surface area contributed by atoms with Gasteiger partial charge in [0.05, 0.1) is 5.69 Å². The lowest BCUT2D eigenvalue weighted by atomic mass is 9.80. The summed E-state index contributed by atoms with van der Waals surface area (Å²) in [5, 5.41) is 8.75. The van der Waals surface area contributed by atoms with Crippen LogP contribution in [0.1, 0.15) is 30.5 Å². The van der Waals surface area contributed by atoms with Crippen LogP contribution in [0.5, 0.6) is 0 Å². The Morgan fingerprint density at radius 3 is 2.89 bits per heavy atom. The van der Waals surface area contributed by atoms with Crippen LogP contribution in [0.4, 0.5) is 0 Å². The average Bonchev–Trinajstić information content (AvgIpc) is 2.88. The van der Waals surface area contributed by atoms with Crippen molar-refractivity contribution >= 4 is 11.6 Å². The zero-order valence-corrected chi connectivity index (χ0v) is 12.6. The molecule has 3 rings (SSSR count). The third kappa shape index (κ3) is 2.54. The number of aryl methyl sites for hydroxylation is 2. The molecule has 0 radical (unpaired) electrons. The summed E-state index contributed by atoms with van der Waals surface area (Å²) in [5.41, 5.74) is 2.78. The first kappa shape index (κ1) is 13.4. The van der Waals surface area contributed by atoms with E-state index in [-0.39, 0.29) is 0 Å². The van der Waals surface area contributed by atoms with Crippen LogP contribution in [0.2, 0.25) is 5.15 Å². The van der Waals surface area contributed by atoms with Gasteiger partial charge in [0.2, 0.25) is 0 Å². The third-order valence-corrected chi connectivity index (χ3v) is 5.20. The largest absolute Gasteiger partial charge is 0.316 e. The van der Waals surface area contributed by atoms with Gasteiger partial charge < -0.3 is 5.32 Å². The molecule has 4 nitrogen and oxygen atoms in total. The molecular formula is C14H23ClN4. The molecule has 2 saturated heterocycles. The van der Waals surface area contributed by atoms with Crippen molar-refractivity contribution in [3.05, 3.63) is 16.4 Å². The van der Waals surface area contributed by atoms with Crippen molar-refractivity contribution in [1.29, 1.82) is 0 Å². The van der Waals surface area contributed by atoms with E-state index in [9.17, 15) is 0 Å². The van der Waals surface area contributed by atoms with Gasteiger partial charge in [-0.25, -0.2) is 0 Å². The van der Waals surface area contributed by atoms with Crippen LogP contribution < -0.4 is 5.32 Å². The van der Waals surface area contributed by atoms with Crippen LogP contribution >= 0.6 is 11.6 Å². The summed E-state index contributed by atoms with van der Waals surface area (Å²) in [6, 6.07) is 0. The third-order valence-electron chi connectivity index (χ3n) is 4.73. The van der Waals surface area contributed by atoms with E-state index in [1.165, 1.54) is 51.0 Å². The zero-order chi connectivity index (χ0) is 13.5. The van der Waals surface area contributed by atoms with E-state index in [0.29, 0.717) is 5.41 Å². The van der Waals surface area contributed by atoms with Gasteiger partial charge >= 0.3 is 0 Å². The van der Waals surface area contributed by atoms with Crippen molar-refractivity contribution in [2.75, 3.05) is 26.2 Å². The van der Waals surface area contributed by atoms with Gasteiger partial charge in [0.15, 0.2) is 0 Å². The first-order valence-electron chi connectivity index (χ1n) is 7.21. The molecule has 1 aromatic rings. The molecule has 0 amide bonds. The fourth-order valence-electron chi connectivity index (χ4n) is 3.62. The van der Waals surface area contributed by atoms with Crippen molar-refractivity contribution in [3.8, 4) is 0 Å². The Kier molecular flexibility index (Phi) is 3.58. The molecule has 1 unspecified atom stereocenters. The Morgan fingerprint density at radius 1 is 1.42 bits per heavy atom. The molecule has 2 aliphatic rings. The summed E-state index contributed by atoms with van der Waals surface area (Å²) in [7, 11) is 1.91. The number of hydrogen-bond acceptors (Lipinski definition) is 3. The molecular weight excluding hydrogens is 260 g/mol. The molecule has 0 bridgehead atoms. The van der Waals surface area contributed by atoms with Gasteiger partial charge in [-0.15, -0.1) is 0 Å². The van der Waals surface area contributed by atoms with E-state index < -0.39 is 0 Å². The smallest absolute Gasteiger partial charge is 0.131 e. The second-order valence-electron chi connectivity index (χ2n) is 6.22. The van der Waals surface area contributed by atoms with Crippen LogP contribution in [0.25, 0.3) is 0 Å². The summed E-state index contributed by atoms with van der Waals surface area (Å²) in [6.45, 7) is 7.75. The predicted molar refractivity (Wildman–Crippen MR) is 77.4 cm³/mol. The molecule has 2 fully saturated rings. The standard InChI is InChI=1S/C14H23ClN4/c1-11-12(13(15)18(2)17-11)8-19-7-5-14(10-19)4-3-6-16-9-14/h16H,3-10H2,1-2H3. The Labute approximate surface area is 120 Å². The molecule has 1 atom stereocenters. The molecule has 0 aromatic carbocycles. The number of hydrogen-bond donors (Lipinski definition) is 1. The first-order valence-corrected chi connectivity index (χ1v) is 7.58. The minimum Gasteiger partial charge on any atom is -0.316 e. The summed E-state index contributed by atoms with van der Waals surface area (Å²) in [6.07, 6.45) is 4.01. The van der Waals surface area contributed by atoms with Crippen LogP contribution in [0, 0.1) is 12.3 Å². The minimum absolute atomic E-state index is 0.515. The maximum Gasteiger partial charge on any atom is 0.131 e. The summed E-state index contributed by atoms with van der Waals surface area (Å²) < 4.78 is 1.78. The average molecular weight is 283 g/mol. The number of nitrogens with one attached hydrogen (secondary N) is 1. The van der Waals surface area contributed by atoms with Crippen LogP contribution in [0.3, 0.4) is 0 Å². The Bertz CT molecular complexity index is 462. The fourth-order valence-corrected chi connectivity index (χ4v) is 3.85. The van der Waals surface area contributed by atoms with Gasteiger partial charge in [0, 0.05) is 32.2 Å². The quantitative estimate of drug-likeness (QED) is 0.900. The lowest BCUT2D eigenvalue weighted by molar-refractivity contribution is 0.199. The number of halogens is 1. The van der Waals surface area contributed by atoms with Gasteiger partial charge in [-0.05, 0) is 44.7 Å². The molecule has 1 spiro atoms. The van der Waals surface area contributed by atoms with Gasteiger partial charge in [-0.2, -0.15) is 5.10 Å². The van der Waals surface area contributed by atoms with Crippen molar-refractivity contribution in [1.82, 2.24) is 20.0 Å². The van der Waals surface area contributed by atoms with Gasteiger partial charge in [0.25, 0.3) is 0 Å². The van der Waals surface area contributed by atoms with E-state index >= 15 is 0 Å². The monoisotopic (exact) mass is 282 g/mol. The van der Waals surface area contributed by atoms with Crippen molar-refractivity contribution < 1.29 is 0 Å². The number of piperidine rings is 1. The van der Waals surface area contributed by atoms with Crippen LogP contribution in [0.15, 0.2) is 0 Å². The number of nitrogens with zero attached hydrogens (tertiary/aromatic N) is 3. The molecule has 3 heterocycles. The topological polar surface area (TPSA) is 33.1 Å². The van der Waals surface area contributed by atoms with E-state index in [1.807, 2.05) is 7.05 Å². The summed E-state index contributed by atoms with van der Waals surface area (Å²) >= 11 is 6.33. The van der Waals surface area contributed by atoms with E-state index in [2.05, 4.69) is 22.2 Å². The highest BCUT2D eigenvalue weighted by Gasteiger charge is 2.39. The molecule has 106 valence electrons. The molecule has 1 aromatic heterocycles. The fraction of sp³-hybridized carbons (Fsp3) is 0.786. The highest BCUT2D eigenvalue weighted by Crippen LogP contribution is 2.37. The Morgan fingerprint density at radius 2 is 2.26 bits per heavy atom. The SMILES string of the molecule is Cc1nn(C)c(Cl)c1CN1CCC2(CCCNC2)C1. The van der Waals surface area contributed by atoms with E-state index in [4.69, 9.17) is 11.6 Å². The van der Waals surface area contributed by atoms with Gasteiger partial charge in [-0.1, -0.05) is 11.6 Å². The molecule has 2 aliphatic heterocycles. The zero-order valence-electron chi connectivity index (χ0n) is 11.9. The molecule has 0 aliphatic carbocycles. The van der Waals surface area contributed by atoms with Gasteiger partial charge in [0.1, 0.15) is 5.15 Å². The Hall–Kier alpha value is -0.580. The highest BCUT2D eigenvalue weighted by atomic mass is 35.5. The normalized spacial score (nSPS) is 28.4.